The van der Waals surface area contributed by atoms with E-state index in [1.54, 1.807) is 18.3 Å². The number of carbonyl (C=O) groups is 1. The zero-order valence-corrected chi connectivity index (χ0v) is 16.4. The first-order valence-electron chi connectivity index (χ1n) is 9.44. The van der Waals surface area contributed by atoms with Crippen LogP contribution in [0.1, 0.15) is 48.5 Å². The average Bonchev–Trinajstić information content (AvgIpc) is 2.69. The topological polar surface area (TPSA) is 53.9 Å². The fourth-order valence-electron chi connectivity index (χ4n) is 2.57. The van der Waals surface area contributed by atoms with Gasteiger partial charge in [-0.3, -0.25) is 4.79 Å². The van der Waals surface area contributed by atoms with E-state index in [0.29, 0.717) is 12.2 Å². The van der Waals surface area contributed by atoms with Crippen molar-refractivity contribution >= 4 is 17.8 Å². The van der Waals surface area contributed by atoms with Crippen LogP contribution >= 0.6 is 0 Å². The van der Waals surface area contributed by atoms with E-state index < -0.39 is 0 Å². The van der Waals surface area contributed by atoms with Crippen molar-refractivity contribution in [1.82, 2.24) is 5.43 Å². The Balaban J connectivity index is 1.90. The lowest BCUT2D eigenvalue weighted by atomic mass is 10.2. The van der Waals surface area contributed by atoms with E-state index >= 15 is 0 Å². The van der Waals surface area contributed by atoms with Gasteiger partial charge in [0.1, 0.15) is 5.75 Å². The number of benzene rings is 2. The van der Waals surface area contributed by atoms with Crippen LogP contribution < -0.4 is 15.1 Å². The maximum absolute atomic E-state index is 12.2. The van der Waals surface area contributed by atoms with Crippen molar-refractivity contribution in [2.45, 2.75) is 32.6 Å². The number of hydrogen-bond acceptors (Lipinski definition) is 4. The van der Waals surface area contributed by atoms with Crippen LogP contribution in [0.4, 0.5) is 5.69 Å². The summed E-state index contributed by atoms with van der Waals surface area (Å²) in [6, 6.07) is 15.1. The number of carbonyl (C=O) groups excluding carboxylic acids is 1. The molecule has 1 N–H and O–H groups in total. The molecule has 0 heterocycles. The maximum Gasteiger partial charge on any atom is 0.271 e. The van der Waals surface area contributed by atoms with Gasteiger partial charge in [-0.2, -0.15) is 5.10 Å². The third-order valence-electron chi connectivity index (χ3n) is 4.19. The van der Waals surface area contributed by atoms with Gasteiger partial charge in [-0.05, 0) is 42.8 Å². The molecule has 0 spiro atoms. The highest BCUT2D eigenvalue weighted by Crippen LogP contribution is 2.16. The molecule has 0 radical (unpaired) electrons. The van der Waals surface area contributed by atoms with Crippen molar-refractivity contribution in [2.24, 2.45) is 5.10 Å². The predicted octanol–water partition coefficient (Wildman–Crippen LogP) is 4.48. The molecule has 1 amide bonds. The minimum Gasteiger partial charge on any atom is -0.493 e. The van der Waals surface area contributed by atoms with Gasteiger partial charge in [0, 0.05) is 30.9 Å². The van der Waals surface area contributed by atoms with E-state index in [2.05, 4.69) is 17.5 Å². The molecule has 2 aromatic rings. The van der Waals surface area contributed by atoms with E-state index in [1.807, 2.05) is 55.4 Å². The van der Waals surface area contributed by atoms with Gasteiger partial charge in [-0.1, -0.05) is 38.3 Å². The number of rotatable bonds is 10. The standard InChI is InChI=1S/C22H29N3O2/c1-4-5-6-9-16-27-21-11-8-7-10-19(21)17-23-24-22(26)18-12-14-20(15-13-18)25(2)3/h7-8,10-15,17H,4-6,9,16H2,1-3H3,(H,24,26)/b23-17+. The molecule has 0 atom stereocenters. The van der Waals surface area contributed by atoms with Crippen molar-refractivity contribution in [3.63, 3.8) is 0 Å². The quantitative estimate of drug-likeness (QED) is 0.383. The summed E-state index contributed by atoms with van der Waals surface area (Å²) in [5.74, 6) is 0.539. The maximum atomic E-state index is 12.2. The van der Waals surface area contributed by atoms with Crippen molar-refractivity contribution < 1.29 is 9.53 Å². The Labute approximate surface area is 162 Å². The fourth-order valence-corrected chi connectivity index (χ4v) is 2.57. The lowest BCUT2D eigenvalue weighted by Crippen LogP contribution is -2.18. The molecule has 5 nitrogen and oxygen atoms in total. The number of ether oxygens (including phenoxy) is 1. The molecule has 0 aliphatic heterocycles. The van der Waals surface area contributed by atoms with Crippen molar-refractivity contribution in [1.29, 1.82) is 0 Å². The molecule has 0 saturated carbocycles. The molecule has 0 unspecified atom stereocenters. The number of para-hydroxylation sites is 1. The second-order valence-corrected chi connectivity index (χ2v) is 6.59. The zero-order valence-electron chi connectivity index (χ0n) is 16.4. The number of amides is 1. The van der Waals surface area contributed by atoms with Crippen LogP contribution in [0.5, 0.6) is 5.75 Å². The molecule has 0 aliphatic carbocycles. The van der Waals surface area contributed by atoms with Crippen molar-refractivity contribution in [3.8, 4) is 5.75 Å². The van der Waals surface area contributed by atoms with E-state index in [4.69, 9.17) is 4.74 Å². The molecule has 2 rings (SSSR count). The third kappa shape index (κ3) is 6.77. The van der Waals surface area contributed by atoms with Crippen molar-refractivity contribution in [2.75, 3.05) is 25.6 Å². The van der Waals surface area contributed by atoms with Crippen LogP contribution in [0.25, 0.3) is 0 Å². The first-order valence-corrected chi connectivity index (χ1v) is 9.44. The van der Waals surface area contributed by atoms with E-state index in [9.17, 15) is 4.79 Å². The molecule has 0 aromatic heterocycles. The summed E-state index contributed by atoms with van der Waals surface area (Å²) in [7, 11) is 3.92. The van der Waals surface area contributed by atoms with E-state index in [0.717, 1.165) is 23.4 Å². The highest BCUT2D eigenvalue weighted by molar-refractivity contribution is 5.95. The largest absolute Gasteiger partial charge is 0.493 e. The van der Waals surface area contributed by atoms with Gasteiger partial charge >= 0.3 is 0 Å². The normalized spacial score (nSPS) is 10.8. The molecular weight excluding hydrogens is 338 g/mol. The molecule has 2 aromatic carbocycles. The summed E-state index contributed by atoms with van der Waals surface area (Å²) in [5, 5.41) is 4.08. The Morgan fingerprint density at radius 1 is 1.07 bits per heavy atom. The molecule has 144 valence electrons. The monoisotopic (exact) mass is 367 g/mol. The molecule has 0 saturated heterocycles. The number of nitrogens with one attached hydrogen (secondary N) is 1. The summed E-state index contributed by atoms with van der Waals surface area (Å²) in [5.41, 5.74) is 5.02. The van der Waals surface area contributed by atoms with Crippen LogP contribution in [0.2, 0.25) is 0 Å². The second kappa shape index (κ2) is 11.0. The first kappa shape index (κ1) is 20.5. The van der Waals surface area contributed by atoms with E-state index in [1.165, 1.54) is 19.3 Å². The molecule has 5 heteroatoms. The van der Waals surface area contributed by atoms with Gasteiger partial charge in [0.25, 0.3) is 5.91 Å². The average molecular weight is 367 g/mol. The molecule has 27 heavy (non-hydrogen) atoms. The summed E-state index contributed by atoms with van der Waals surface area (Å²) in [6.07, 6.45) is 6.27. The summed E-state index contributed by atoms with van der Waals surface area (Å²) >= 11 is 0. The lowest BCUT2D eigenvalue weighted by molar-refractivity contribution is 0.0955. The number of unbranched alkanes of at least 4 members (excludes halogenated alkanes) is 3. The van der Waals surface area contributed by atoms with E-state index in [-0.39, 0.29) is 5.91 Å². The highest BCUT2D eigenvalue weighted by atomic mass is 16.5. The van der Waals surface area contributed by atoms with Gasteiger partial charge in [-0.25, -0.2) is 5.43 Å². The Morgan fingerprint density at radius 2 is 1.81 bits per heavy atom. The van der Waals surface area contributed by atoms with Gasteiger partial charge in [0.15, 0.2) is 0 Å². The smallest absolute Gasteiger partial charge is 0.271 e. The Hall–Kier alpha value is -2.82. The number of hydrazone groups is 1. The van der Waals surface area contributed by atoms with Gasteiger partial charge in [0.2, 0.25) is 0 Å². The van der Waals surface area contributed by atoms with Crippen LogP contribution in [0.15, 0.2) is 53.6 Å². The summed E-state index contributed by atoms with van der Waals surface area (Å²) in [4.78, 5) is 14.2. The Kier molecular flexibility index (Phi) is 8.36. The Morgan fingerprint density at radius 3 is 2.52 bits per heavy atom. The minimum atomic E-state index is -0.241. The first-order chi connectivity index (χ1) is 13.1. The van der Waals surface area contributed by atoms with Crippen LogP contribution in [0.3, 0.4) is 0 Å². The van der Waals surface area contributed by atoms with Gasteiger partial charge in [-0.15, -0.1) is 0 Å². The highest BCUT2D eigenvalue weighted by Gasteiger charge is 2.05. The van der Waals surface area contributed by atoms with Gasteiger partial charge < -0.3 is 9.64 Å². The zero-order chi connectivity index (χ0) is 19.5. The SMILES string of the molecule is CCCCCCOc1ccccc1/C=N/NC(=O)c1ccc(N(C)C)cc1. The van der Waals surface area contributed by atoms with Crippen LogP contribution in [0, 0.1) is 0 Å². The molecule has 0 bridgehead atoms. The van der Waals surface area contributed by atoms with Crippen molar-refractivity contribution in [3.05, 3.63) is 59.7 Å². The predicted molar refractivity (Wildman–Crippen MR) is 112 cm³/mol. The van der Waals surface area contributed by atoms with Crippen LogP contribution in [-0.2, 0) is 0 Å². The number of hydrogen-bond donors (Lipinski definition) is 1. The second-order valence-electron chi connectivity index (χ2n) is 6.59. The minimum absolute atomic E-state index is 0.241. The third-order valence-corrected chi connectivity index (χ3v) is 4.19. The number of anilines is 1. The fraction of sp³-hybridized carbons (Fsp3) is 0.364. The Bertz CT molecular complexity index is 739. The molecule has 0 fully saturated rings. The summed E-state index contributed by atoms with van der Waals surface area (Å²) in [6.45, 7) is 2.88. The number of nitrogens with zero attached hydrogens (tertiary/aromatic N) is 2. The van der Waals surface area contributed by atoms with Crippen LogP contribution in [-0.4, -0.2) is 32.8 Å². The molecular formula is C22H29N3O2. The lowest BCUT2D eigenvalue weighted by Gasteiger charge is -2.12. The van der Waals surface area contributed by atoms with Gasteiger partial charge in [0.05, 0.1) is 12.8 Å². The summed E-state index contributed by atoms with van der Waals surface area (Å²) < 4.78 is 5.85. The molecule has 0 aliphatic rings.